The molecular weight excluding hydrogens is 306 g/mol. The van der Waals surface area contributed by atoms with Crippen LogP contribution in [0.15, 0.2) is 28.9 Å². The highest BCUT2D eigenvalue weighted by molar-refractivity contribution is 5.59. The van der Waals surface area contributed by atoms with Crippen molar-refractivity contribution in [3.63, 3.8) is 0 Å². The van der Waals surface area contributed by atoms with E-state index in [2.05, 4.69) is 45.8 Å². The number of hydrogen-bond acceptors (Lipinski definition) is 7. The number of furan rings is 1. The van der Waals surface area contributed by atoms with Gasteiger partial charge in [0.1, 0.15) is 5.82 Å². The summed E-state index contributed by atoms with van der Waals surface area (Å²) in [6.45, 7) is 6.25. The quantitative estimate of drug-likeness (QED) is 0.763. The van der Waals surface area contributed by atoms with Gasteiger partial charge in [0.05, 0.1) is 6.26 Å². The second kappa shape index (κ2) is 5.48. The van der Waals surface area contributed by atoms with Gasteiger partial charge in [0.15, 0.2) is 11.4 Å². The van der Waals surface area contributed by atoms with Crippen LogP contribution in [0.5, 0.6) is 0 Å². The van der Waals surface area contributed by atoms with Crippen LogP contribution in [0, 0.1) is 0 Å². The van der Waals surface area contributed by atoms with Crippen LogP contribution >= 0.6 is 0 Å². The van der Waals surface area contributed by atoms with Crippen LogP contribution in [-0.2, 0) is 0 Å². The Bertz CT molecular complexity index is 845. The highest BCUT2D eigenvalue weighted by Gasteiger charge is 2.28. The van der Waals surface area contributed by atoms with E-state index in [1.54, 1.807) is 16.8 Å². The molecule has 0 saturated carbocycles. The van der Waals surface area contributed by atoms with Gasteiger partial charge in [-0.2, -0.15) is 9.50 Å². The summed E-state index contributed by atoms with van der Waals surface area (Å²) in [4.78, 5) is 13.7. The van der Waals surface area contributed by atoms with E-state index in [1.807, 2.05) is 12.1 Å². The predicted molar refractivity (Wildman–Crippen MR) is 91.8 cm³/mol. The third-order valence-corrected chi connectivity index (χ3v) is 4.76. The smallest absolute Gasteiger partial charge is 0.225 e. The van der Waals surface area contributed by atoms with Gasteiger partial charge in [-0.3, -0.25) is 4.90 Å². The number of nitrogens with zero attached hydrogens (tertiary/aromatic N) is 6. The zero-order valence-corrected chi connectivity index (χ0v) is 14.0. The Labute approximate surface area is 139 Å². The molecule has 24 heavy (non-hydrogen) atoms. The fourth-order valence-corrected chi connectivity index (χ4v) is 3.16. The van der Waals surface area contributed by atoms with E-state index in [4.69, 9.17) is 10.2 Å². The molecule has 126 valence electrons. The minimum absolute atomic E-state index is 0.326. The number of anilines is 2. The largest absolute Gasteiger partial charge is 0.461 e. The van der Waals surface area contributed by atoms with Crippen molar-refractivity contribution in [3.05, 3.63) is 24.5 Å². The Hall–Kier alpha value is -2.61. The number of fused-ring (bicyclic) bond motifs is 1. The lowest BCUT2D eigenvalue weighted by Crippen LogP contribution is -2.55. The van der Waals surface area contributed by atoms with E-state index in [-0.39, 0.29) is 0 Å². The first kappa shape index (κ1) is 14.9. The van der Waals surface area contributed by atoms with E-state index in [0.29, 0.717) is 35.3 Å². The van der Waals surface area contributed by atoms with Gasteiger partial charge >= 0.3 is 0 Å². The SMILES string of the molecule is CC1CN(c2cc3nc(-c4ccco4)nn3c(N)n2)CC(C)N1C. The normalized spacial score (nSPS) is 22.4. The lowest BCUT2D eigenvalue weighted by molar-refractivity contribution is 0.169. The van der Waals surface area contributed by atoms with Crippen LogP contribution in [-0.4, -0.2) is 56.7 Å². The van der Waals surface area contributed by atoms with Crippen LogP contribution in [0.3, 0.4) is 0 Å². The number of likely N-dealkylation sites (N-methyl/N-ethyl adjacent to an activating group) is 1. The van der Waals surface area contributed by atoms with Crippen LogP contribution in [0.25, 0.3) is 17.2 Å². The Morgan fingerprint density at radius 3 is 2.62 bits per heavy atom. The number of piperazine rings is 1. The number of nitrogen functional groups attached to an aromatic ring is 1. The zero-order chi connectivity index (χ0) is 16.8. The second-order valence-corrected chi connectivity index (χ2v) is 6.42. The topological polar surface area (TPSA) is 88.7 Å². The third-order valence-electron chi connectivity index (χ3n) is 4.76. The number of hydrogen-bond donors (Lipinski definition) is 1. The van der Waals surface area contributed by atoms with Crippen molar-refractivity contribution >= 4 is 17.4 Å². The zero-order valence-electron chi connectivity index (χ0n) is 14.0. The van der Waals surface area contributed by atoms with Crippen molar-refractivity contribution in [2.75, 3.05) is 30.8 Å². The highest BCUT2D eigenvalue weighted by atomic mass is 16.3. The summed E-state index contributed by atoms with van der Waals surface area (Å²) in [5.41, 5.74) is 6.78. The summed E-state index contributed by atoms with van der Waals surface area (Å²) in [5.74, 6) is 2.28. The molecule has 1 saturated heterocycles. The van der Waals surface area contributed by atoms with Crippen LogP contribution in [0.4, 0.5) is 11.8 Å². The van der Waals surface area contributed by atoms with Crippen molar-refractivity contribution in [1.29, 1.82) is 0 Å². The van der Waals surface area contributed by atoms with Gasteiger partial charge in [-0.1, -0.05) is 0 Å². The molecule has 0 spiro atoms. The van der Waals surface area contributed by atoms with E-state index >= 15 is 0 Å². The summed E-state index contributed by atoms with van der Waals surface area (Å²) in [5, 5.41) is 4.38. The molecule has 1 aliphatic heterocycles. The van der Waals surface area contributed by atoms with Gasteiger partial charge in [0.2, 0.25) is 11.8 Å². The van der Waals surface area contributed by atoms with Crippen LogP contribution in [0.2, 0.25) is 0 Å². The molecule has 8 nitrogen and oxygen atoms in total. The molecule has 4 rings (SSSR count). The predicted octanol–water partition coefficient (Wildman–Crippen LogP) is 1.50. The summed E-state index contributed by atoms with van der Waals surface area (Å²) in [6, 6.07) is 6.46. The molecule has 4 heterocycles. The molecule has 1 aliphatic rings. The number of aromatic nitrogens is 4. The average molecular weight is 327 g/mol. The van der Waals surface area contributed by atoms with E-state index < -0.39 is 0 Å². The van der Waals surface area contributed by atoms with E-state index in [9.17, 15) is 0 Å². The van der Waals surface area contributed by atoms with Crippen molar-refractivity contribution in [2.45, 2.75) is 25.9 Å². The summed E-state index contributed by atoms with van der Waals surface area (Å²) in [6.07, 6.45) is 1.60. The molecule has 2 unspecified atom stereocenters. The number of rotatable bonds is 2. The molecule has 0 aliphatic carbocycles. The molecule has 0 radical (unpaired) electrons. The molecule has 2 N–H and O–H groups in total. The molecule has 1 fully saturated rings. The lowest BCUT2D eigenvalue weighted by Gasteiger charge is -2.42. The second-order valence-electron chi connectivity index (χ2n) is 6.42. The van der Waals surface area contributed by atoms with E-state index in [0.717, 1.165) is 18.9 Å². The third kappa shape index (κ3) is 2.39. The summed E-state index contributed by atoms with van der Waals surface area (Å²) < 4.78 is 6.91. The number of nitrogens with two attached hydrogens (primary N) is 1. The van der Waals surface area contributed by atoms with Gasteiger partial charge in [0.25, 0.3) is 0 Å². The Morgan fingerprint density at radius 1 is 1.21 bits per heavy atom. The molecular formula is C16H21N7O. The molecule has 0 bridgehead atoms. The van der Waals surface area contributed by atoms with Crippen LogP contribution in [0.1, 0.15) is 13.8 Å². The first-order valence-electron chi connectivity index (χ1n) is 8.07. The summed E-state index contributed by atoms with van der Waals surface area (Å²) >= 11 is 0. The van der Waals surface area contributed by atoms with Gasteiger partial charge in [-0.15, -0.1) is 5.10 Å². The highest BCUT2D eigenvalue weighted by Crippen LogP contribution is 2.24. The fraction of sp³-hybridized carbons (Fsp3) is 0.438. The first-order chi connectivity index (χ1) is 11.5. The molecule has 0 aromatic carbocycles. The van der Waals surface area contributed by atoms with Crippen molar-refractivity contribution < 1.29 is 4.42 Å². The van der Waals surface area contributed by atoms with Gasteiger partial charge < -0.3 is 15.1 Å². The Kier molecular flexibility index (Phi) is 3.42. The average Bonchev–Trinajstić information content (AvgIpc) is 3.20. The molecule has 8 heteroatoms. The first-order valence-corrected chi connectivity index (χ1v) is 8.07. The molecule has 2 atom stereocenters. The maximum absolute atomic E-state index is 6.11. The maximum atomic E-state index is 6.11. The summed E-state index contributed by atoms with van der Waals surface area (Å²) in [7, 11) is 2.16. The van der Waals surface area contributed by atoms with Gasteiger partial charge in [-0.05, 0) is 33.0 Å². The molecule has 0 amide bonds. The Morgan fingerprint density at radius 2 is 1.96 bits per heavy atom. The van der Waals surface area contributed by atoms with E-state index in [1.165, 1.54) is 0 Å². The standard InChI is InChI=1S/C16H21N7O/c1-10-8-22(9-11(2)21(10)3)13-7-14-18-15(12-5-4-6-24-12)20-23(14)16(17)19-13/h4-7,10-11H,8-9H2,1-3H3,(H2,17,19). The van der Waals surface area contributed by atoms with Gasteiger partial charge in [0, 0.05) is 31.2 Å². The lowest BCUT2D eigenvalue weighted by atomic mass is 10.1. The maximum Gasteiger partial charge on any atom is 0.225 e. The van der Waals surface area contributed by atoms with Crippen molar-refractivity contribution in [3.8, 4) is 11.6 Å². The monoisotopic (exact) mass is 327 g/mol. The Balaban J connectivity index is 1.72. The minimum Gasteiger partial charge on any atom is -0.461 e. The van der Waals surface area contributed by atoms with Gasteiger partial charge in [-0.25, -0.2) is 4.98 Å². The molecule has 3 aromatic rings. The van der Waals surface area contributed by atoms with Crippen LogP contribution < -0.4 is 10.6 Å². The fourth-order valence-electron chi connectivity index (χ4n) is 3.16. The van der Waals surface area contributed by atoms with Crippen molar-refractivity contribution in [1.82, 2.24) is 24.5 Å². The molecule has 3 aromatic heterocycles. The van der Waals surface area contributed by atoms with Crippen molar-refractivity contribution in [2.24, 2.45) is 0 Å². The minimum atomic E-state index is 0.326.